The minimum Gasteiger partial charge on any atom is -0.496 e. The van der Waals surface area contributed by atoms with E-state index in [-0.39, 0.29) is 4.92 Å². The Kier molecular flexibility index (Phi) is 5.38. The molecule has 2 N–H and O–H groups in total. The van der Waals surface area contributed by atoms with Crippen LogP contribution in [0.5, 0.6) is 5.75 Å². The average Bonchev–Trinajstić information content (AvgIpc) is 2.26. The van der Waals surface area contributed by atoms with Gasteiger partial charge in [-0.3, -0.25) is 10.1 Å². The maximum atomic E-state index is 9.71. The highest BCUT2D eigenvalue weighted by molar-refractivity contribution is 5.32. The van der Waals surface area contributed by atoms with Crippen molar-refractivity contribution in [1.82, 2.24) is 0 Å². The van der Waals surface area contributed by atoms with E-state index >= 15 is 0 Å². The van der Waals surface area contributed by atoms with Gasteiger partial charge in [-0.25, -0.2) is 0 Å². The molecule has 0 radical (unpaired) electrons. The fourth-order valence-corrected chi connectivity index (χ4v) is 1.22. The lowest BCUT2D eigenvalue weighted by molar-refractivity contribution is -0.552. The van der Waals surface area contributed by atoms with Crippen LogP contribution >= 0.6 is 0 Å². The van der Waals surface area contributed by atoms with Crippen molar-refractivity contribution in [2.75, 3.05) is 20.3 Å². The lowest BCUT2D eigenvalue weighted by atomic mass is 10.2. The summed E-state index contributed by atoms with van der Waals surface area (Å²) in [5, 5.41) is 9.71. The van der Waals surface area contributed by atoms with Crippen molar-refractivity contribution in [2.45, 2.75) is 12.6 Å². The van der Waals surface area contributed by atoms with Gasteiger partial charge in [-0.15, -0.1) is 0 Å². The largest absolute Gasteiger partial charge is 0.496 e. The van der Waals surface area contributed by atoms with Gasteiger partial charge in [0.05, 0.1) is 7.11 Å². The molecule has 0 amide bonds. The van der Waals surface area contributed by atoms with Crippen LogP contribution in [0.2, 0.25) is 0 Å². The number of nitrogens with two attached hydrogens (primary N) is 1. The van der Waals surface area contributed by atoms with Crippen molar-refractivity contribution in [2.24, 2.45) is 5.73 Å². The number of ether oxygens (including phenoxy) is 2. The van der Waals surface area contributed by atoms with Gasteiger partial charge in [-0.2, -0.15) is 0 Å². The first-order valence-electron chi connectivity index (χ1n) is 5.22. The van der Waals surface area contributed by atoms with Gasteiger partial charge in [0.2, 0.25) is 0 Å². The topological polar surface area (TPSA) is 87.6 Å². The van der Waals surface area contributed by atoms with Gasteiger partial charge in [0.15, 0.2) is 0 Å². The fraction of sp³-hybridized carbons (Fsp3) is 0.455. The summed E-state index contributed by atoms with van der Waals surface area (Å²) in [6, 6.07) is 7.32. The van der Waals surface area contributed by atoms with Crippen LogP contribution in [0.15, 0.2) is 24.3 Å². The lowest BCUT2D eigenvalue weighted by Gasteiger charge is -2.16. The summed E-state index contributed by atoms with van der Waals surface area (Å²) in [4.78, 5) is 9.39. The average molecular weight is 240 g/mol. The maximum Gasteiger partial charge on any atom is 0.258 e. The van der Waals surface area contributed by atoms with Crippen molar-refractivity contribution in [3.8, 4) is 5.75 Å². The zero-order chi connectivity index (χ0) is 12.7. The van der Waals surface area contributed by atoms with Crippen molar-refractivity contribution < 1.29 is 14.4 Å². The molecular weight excluding hydrogens is 224 g/mol. The first kappa shape index (κ1) is 13.4. The van der Waals surface area contributed by atoms with E-state index in [2.05, 4.69) is 4.74 Å². The van der Waals surface area contributed by atoms with E-state index in [1.54, 1.807) is 7.11 Å². The van der Waals surface area contributed by atoms with E-state index in [9.17, 15) is 10.1 Å². The Morgan fingerprint density at radius 1 is 1.53 bits per heavy atom. The van der Waals surface area contributed by atoms with E-state index < -0.39 is 6.04 Å². The van der Waals surface area contributed by atoms with E-state index in [4.69, 9.17) is 10.5 Å². The Morgan fingerprint density at radius 2 is 2.18 bits per heavy atom. The summed E-state index contributed by atoms with van der Waals surface area (Å²) in [6.45, 7) is 1.13. The SMILES string of the molecule is COc1ccccc1CN.O=[N+]([O-])C1COC1. The molecular formula is C11H16N2O4. The predicted octanol–water partition coefficient (Wildman–Crippen LogP) is 0.816. The Hall–Kier alpha value is -1.66. The van der Waals surface area contributed by atoms with Gasteiger partial charge in [0, 0.05) is 17.0 Å². The van der Waals surface area contributed by atoms with E-state index in [0.29, 0.717) is 19.8 Å². The van der Waals surface area contributed by atoms with E-state index in [1.807, 2.05) is 24.3 Å². The fourth-order valence-electron chi connectivity index (χ4n) is 1.22. The van der Waals surface area contributed by atoms with Gasteiger partial charge in [-0.05, 0) is 6.07 Å². The predicted molar refractivity (Wildman–Crippen MR) is 62.5 cm³/mol. The minimum absolute atomic E-state index is 0.299. The number of para-hydroxylation sites is 1. The molecule has 0 bridgehead atoms. The molecule has 17 heavy (non-hydrogen) atoms. The van der Waals surface area contributed by atoms with Crippen LogP contribution in [0.1, 0.15) is 5.56 Å². The number of hydrogen-bond acceptors (Lipinski definition) is 5. The van der Waals surface area contributed by atoms with Gasteiger partial charge < -0.3 is 15.2 Å². The third kappa shape index (κ3) is 4.01. The highest BCUT2D eigenvalue weighted by Gasteiger charge is 2.28. The Bertz CT molecular complexity index is 343. The van der Waals surface area contributed by atoms with Crippen LogP contribution in [0, 0.1) is 10.1 Å². The molecule has 0 aromatic heterocycles. The first-order chi connectivity index (χ1) is 8.19. The van der Waals surface area contributed by atoms with Gasteiger partial charge in [-0.1, -0.05) is 18.2 Å². The zero-order valence-electron chi connectivity index (χ0n) is 9.67. The molecule has 0 aliphatic carbocycles. The molecule has 1 fully saturated rings. The summed E-state index contributed by atoms with van der Waals surface area (Å²) in [7, 11) is 1.65. The number of nitrogens with zero attached hydrogens (tertiary/aromatic N) is 1. The summed E-state index contributed by atoms with van der Waals surface area (Å²) in [5.74, 6) is 0.866. The van der Waals surface area contributed by atoms with Crippen molar-refractivity contribution in [1.29, 1.82) is 0 Å². The maximum absolute atomic E-state index is 9.71. The van der Waals surface area contributed by atoms with Gasteiger partial charge >= 0.3 is 0 Å². The van der Waals surface area contributed by atoms with Crippen LogP contribution in [0.3, 0.4) is 0 Å². The zero-order valence-corrected chi connectivity index (χ0v) is 9.67. The van der Waals surface area contributed by atoms with Crippen LogP contribution in [0.25, 0.3) is 0 Å². The second-order valence-electron chi connectivity index (χ2n) is 3.49. The summed E-state index contributed by atoms with van der Waals surface area (Å²) in [6.07, 6.45) is 0. The Labute approximate surface area is 99.5 Å². The summed E-state index contributed by atoms with van der Waals surface area (Å²) in [5.41, 5.74) is 6.49. The molecule has 1 aromatic rings. The summed E-state index contributed by atoms with van der Waals surface area (Å²) >= 11 is 0. The lowest BCUT2D eigenvalue weighted by Crippen LogP contribution is -2.40. The second-order valence-corrected chi connectivity index (χ2v) is 3.49. The number of nitro groups is 1. The number of benzene rings is 1. The third-order valence-corrected chi connectivity index (χ3v) is 2.33. The standard InChI is InChI=1S/C8H11NO.C3H5NO3/c1-10-8-5-3-2-4-7(8)6-9;5-4(6)3-1-7-2-3/h2-5H,6,9H2,1H3;3H,1-2H2. The highest BCUT2D eigenvalue weighted by atomic mass is 16.6. The monoisotopic (exact) mass is 240 g/mol. The molecule has 1 aliphatic rings. The van der Waals surface area contributed by atoms with Crippen molar-refractivity contribution in [3.63, 3.8) is 0 Å². The molecule has 1 heterocycles. The number of rotatable bonds is 3. The quantitative estimate of drug-likeness (QED) is 0.624. The van der Waals surface area contributed by atoms with E-state index in [0.717, 1.165) is 11.3 Å². The van der Waals surface area contributed by atoms with E-state index in [1.165, 1.54) is 0 Å². The molecule has 1 saturated heterocycles. The van der Waals surface area contributed by atoms with Crippen molar-refractivity contribution >= 4 is 0 Å². The molecule has 0 saturated carbocycles. The summed E-state index contributed by atoms with van der Waals surface area (Å²) < 4.78 is 9.61. The minimum atomic E-state index is -0.417. The Balaban J connectivity index is 0.000000181. The second kappa shape index (κ2) is 6.82. The molecule has 0 spiro atoms. The molecule has 0 unspecified atom stereocenters. The molecule has 94 valence electrons. The Morgan fingerprint density at radius 3 is 2.47 bits per heavy atom. The smallest absolute Gasteiger partial charge is 0.258 e. The van der Waals surface area contributed by atoms with Crippen LogP contribution in [-0.2, 0) is 11.3 Å². The number of methoxy groups -OCH3 is 1. The van der Waals surface area contributed by atoms with Crippen LogP contribution in [0.4, 0.5) is 0 Å². The third-order valence-electron chi connectivity index (χ3n) is 2.33. The molecule has 1 aromatic carbocycles. The number of hydrogen-bond donors (Lipinski definition) is 1. The first-order valence-corrected chi connectivity index (χ1v) is 5.22. The van der Waals surface area contributed by atoms with Crippen LogP contribution < -0.4 is 10.5 Å². The normalized spacial score (nSPS) is 14.2. The van der Waals surface area contributed by atoms with Gasteiger partial charge in [0.1, 0.15) is 19.0 Å². The molecule has 6 heteroatoms. The molecule has 6 nitrogen and oxygen atoms in total. The molecule has 0 atom stereocenters. The molecule has 2 rings (SSSR count). The van der Waals surface area contributed by atoms with Crippen LogP contribution in [-0.4, -0.2) is 31.3 Å². The highest BCUT2D eigenvalue weighted by Crippen LogP contribution is 2.15. The van der Waals surface area contributed by atoms with Crippen molar-refractivity contribution in [3.05, 3.63) is 39.9 Å². The van der Waals surface area contributed by atoms with Gasteiger partial charge in [0.25, 0.3) is 6.04 Å². The molecule has 1 aliphatic heterocycles.